The van der Waals surface area contributed by atoms with Crippen molar-refractivity contribution in [1.29, 1.82) is 0 Å². The largest absolute Gasteiger partial charge is 0.491 e. The maximum absolute atomic E-state index is 13.0. The van der Waals surface area contributed by atoms with Crippen LogP contribution >= 0.6 is 0 Å². The molecule has 29 heavy (non-hydrogen) atoms. The van der Waals surface area contributed by atoms with Crippen molar-refractivity contribution >= 4 is 5.91 Å². The number of rotatable bonds is 6. The summed E-state index contributed by atoms with van der Waals surface area (Å²) in [5.41, 5.74) is 0. The fourth-order valence-corrected chi connectivity index (χ4v) is 3.82. The lowest BCUT2D eigenvalue weighted by Gasteiger charge is -2.42. The van der Waals surface area contributed by atoms with Crippen LogP contribution in [0.15, 0.2) is 42.7 Å². The van der Waals surface area contributed by atoms with Gasteiger partial charge in [-0.15, -0.1) is 0 Å². The Balaban J connectivity index is 1.26. The van der Waals surface area contributed by atoms with E-state index in [1.807, 2.05) is 11.0 Å². The van der Waals surface area contributed by atoms with Crippen LogP contribution in [0.4, 0.5) is 4.39 Å². The number of piperidine rings is 1. The van der Waals surface area contributed by atoms with Gasteiger partial charge in [-0.05, 0) is 43.2 Å². The van der Waals surface area contributed by atoms with E-state index in [4.69, 9.17) is 9.47 Å². The number of carbonyl (C=O) groups excluding carboxylic acids is 1. The number of morpholine rings is 1. The van der Waals surface area contributed by atoms with E-state index in [1.54, 1.807) is 24.5 Å². The first kappa shape index (κ1) is 19.7. The molecule has 0 bridgehead atoms. The molecule has 0 saturated carbocycles. The molecule has 7 nitrogen and oxygen atoms in total. The van der Waals surface area contributed by atoms with E-state index >= 15 is 0 Å². The molecule has 1 aromatic carbocycles. The summed E-state index contributed by atoms with van der Waals surface area (Å²) in [6.07, 6.45) is 5.17. The average molecular weight is 400 g/mol. The van der Waals surface area contributed by atoms with E-state index < -0.39 is 0 Å². The Morgan fingerprint density at radius 1 is 1.14 bits per heavy atom. The molecule has 2 aliphatic rings. The Morgan fingerprint density at radius 3 is 2.59 bits per heavy atom. The Bertz CT molecular complexity index is 797. The van der Waals surface area contributed by atoms with Crippen LogP contribution in [0.2, 0.25) is 0 Å². The third kappa shape index (κ3) is 5.27. The number of nitrogens with zero attached hydrogens (tertiary/aromatic N) is 4. The molecule has 2 aliphatic heterocycles. The molecule has 8 heteroatoms. The number of ether oxygens (including phenoxy) is 2. The van der Waals surface area contributed by atoms with Gasteiger partial charge in [0.1, 0.15) is 36.7 Å². The molecular weight excluding hydrogens is 375 g/mol. The SMILES string of the molecule is O=C1CO[C@H](COc2ccc(F)cc2)CN1C1CCN(Cc2ncccn2)CC1. The molecule has 2 saturated heterocycles. The molecule has 1 atom stereocenters. The van der Waals surface area contributed by atoms with Gasteiger partial charge in [0.2, 0.25) is 5.91 Å². The molecule has 0 N–H and O–H groups in total. The highest BCUT2D eigenvalue weighted by atomic mass is 19.1. The van der Waals surface area contributed by atoms with Gasteiger partial charge in [0.15, 0.2) is 0 Å². The van der Waals surface area contributed by atoms with Gasteiger partial charge in [-0.2, -0.15) is 0 Å². The van der Waals surface area contributed by atoms with Gasteiger partial charge in [-0.3, -0.25) is 9.69 Å². The predicted molar refractivity (Wildman–Crippen MR) is 104 cm³/mol. The van der Waals surface area contributed by atoms with Crippen LogP contribution in [0, 0.1) is 5.82 Å². The number of hydrogen-bond acceptors (Lipinski definition) is 6. The van der Waals surface area contributed by atoms with Gasteiger partial charge in [-0.1, -0.05) is 0 Å². The molecule has 0 unspecified atom stereocenters. The van der Waals surface area contributed by atoms with Gasteiger partial charge >= 0.3 is 0 Å². The summed E-state index contributed by atoms with van der Waals surface area (Å²) in [4.78, 5) is 25.2. The van der Waals surface area contributed by atoms with Crippen LogP contribution in [0.25, 0.3) is 0 Å². The van der Waals surface area contributed by atoms with Crippen molar-refractivity contribution in [2.45, 2.75) is 31.5 Å². The molecule has 0 aliphatic carbocycles. The van der Waals surface area contributed by atoms with E-state index in [0.717, 1.165) is 38.3 Å². The average Bonchev–Trinajstić information content (AvgIpc) is 2.76. The summed E-state index contributed by atoms with van der Waals surface area (Å²) in [7, 11) is 0. The number of hydrogen-bond donors (Lipinski definition) is 0. The van der Waals surface area contributed by atoms with Crippen molar-refractivity contribution < 1.29 is 18.7 Å². The topological polar surface area (TPSA) is 67.8 Å². The fraction of sp³-hybridized carbons (Fsp3) is 0.476. The lowest BCUT2D eigenvalue weighted by molar-refractivity contribution is -0.155. The zero-order valence-corrected chi connectivity index (χ0v) is 16.2. The highest BCUT2D eigenvalue weighted by molar-refractivity contribution is 5.78. The molecule has 0 spiro atoms. The maximum Gasteiger partial charge on any atom is 0.248 e. The van der Waals surface area contributed by atoms with Crippen molar-refractivity contribution in [3.8, 4) is 5.75 Å². The lowest BCUT2D eigenvalue weighted by atomic mass is 10.0. The highest BCUT2D eigenvalue weighted by Crippen LogP contribution is 2.21. The van der Waals surface area contributed by atoms with E-state index in [1.165, 1.54) is 12.1 Å². The minimum absolute atomic E-state index is 0.0351. The van der Waals surface area contributed by atoms with E-state index in [-0.39, 0.29) is 30.5 Å². The van der Waals surface area contributed by atoms with Crippen molar-refractivity contribution in [2.75, 3.05) is 32.8 Å². The first-order chi connectivity index (χ1) is 14.2. The Morgan fingerprint density at radius 2 is 1.86 bits per heavy atom. The van der Waals surface area contributed by atoms with Gasteiger partial charge in [0.25, 0.3) is 0 Å². The Hall–Kier alpha value is -2.58. The number of amides is 1. The quantitative estimate of drug-likeness (QED) is 0.738. The second-order valence-electron chi connectivity index (χ2n) is 7.42. The summed E-state index contributed by atoms with van der Waals surface area (Å²) in [5.74, 6) is 1.15. The lowest BCUT2D eigenvalue weighted by Crippen LogP contribution is -2.55. The summed E-state index contributed by atoms with van der Waals surface area (Å²) in [6.45, 7) is 3.48. The molecule has 0 radical (unpaired) electrons. The monoisotopic (exact) mass is 400 g/mol. The van der Waals surface area contributed by atoms with Crippen LogP contribution < -0.4 is 4.74 Å². The van der Waals surface area contributed by atoms with Crippen molar-refractivity contribution in [2.24, 2.45) is 0 Å². The fourth-order valence-electron chi connectivity index (χ4n) is 3.82. The van der Waals surface area contributed by atoms with Crippen LogP contribution in [0.5, 0.6) is 5.75 Å². The van der Waals surface area contributed by atoms with Crippen LogP contribution in [0.1, 0.15) is 18.7 Å². The van der Waals surface area contributed by atoms with E-state index in [2.05, 4.69) is 14.9 Å². The number of halogens is 1. The Kier molecular flexibility index (Phi) is 6.31. The third-order valence-electron chi connectivity index (χ3n) is 5.39. The molecule has 1 amide bonds. The van der Waals surface area contributed by atoms with E-state index in [0.29, 0.717) is 18.9 Å². The number of aromatic nitrogens is 2. The minimum atomic E-state index is -0.298. The standard InChI is InChI=1S/C21H25FN4O3/c22-16-2-4-18(5-3-16)28-14-19-12-26(21(27)15-29-19)17-6-10-25(11-7-17)13-20-23-8-1-9-24-20/h1-5,8-9,17,19H,6-7,10-15H2/t19-/m0/s1. The minimum Gasteiger partial charge on any atom is -0.491 e. The van der Waals surface area contributed by atoms with Crippen LogP contribution in [-0.4, -0.2) is 70.7 Å². The van der Waals surface area contributed by atoms with Gasteiger partial charge < -0.3 is 14.4 Å². The first-order valence-electron chi connectivity index (χ1n) is 9.95. The smallest absolute Gasteiger partial charge is 0.248 e. The van der Waals surface area contributed by atoms with Gasteiger partial charge in [0, 0.05) is 31.5 Å². The second kappa shape index (κ2) is 9.28. The molecule has 1 aromatic heterocycles. The normalized spacial score (nSPS) is 21.3. The molecule has 2 aromatic rings. The molecular formula is C21H25FN4O3. The zero-order chi connectivity index (χ0) is 20.1. The van der Waals surface area contributed by atoms with Crippen molar-refractivity contribution in [1.82, 2.24) is 19.8 Å². The highest BCUT2D eigenvalue weighted by Gasteiger charge is 2.33. The molecule has 154 valence electrons. The summed E-state index contributed by atoms with van der Waals surface area (Å²) in [5, 5.41) is 0. The van der Waals surface area contributed by atoms with Crippen molar-refractivity contribution in [3.05, 3.63) is 54.4 Å². The van der Waals surface area contributed by atoms with Crippen molar-refractivity contribution in [3.63, 3.8) is 0 Å². The maximum atomic E-state index is 13.0. The summed E-state index contributed by atoms with van der Waals surface area (Å²) in [6, 6.07) is 7.94. The van der Waals surface area contributed by atoms with Crippen LogP contribution in [-0.2, 0) is 16.1 Å². The summed E-state index contributed by atoms with van der Waals surface area (Å²) < 4.78 is 24.3. The first-order valence-corrected chi connectivity index (χ1v) is 9.95. The number of carbonyl (C=O) groups is 1. The zero-order valence-electron chi connectivity index (χ0n) is 16.2. The Labute approximate surface area is 169 Å². The second-order valence-corrected chi connectivity index (χ2v) is 7.42. The van der Waals surface area contributed by atoms with Gasteiger partial charge in [0.05, 0.1) is 13.1 Å². The van der Waals surface area contributed by atoms with Crippen LogP contribution in [0.3, 0.4) is 0 Å². The van der Waals surface area contributed by atoms with Gasteiger partial charge in [-0.25, -0.2) is 14.4 Å². The molecule has 4 rings (SSSR count). The summed E-state index contributed by atoms with van der Waals surface area (Å²) >= 11 is 0. The third-order valence-corrected chi connectivity index (χ3v) is 5.39. The van der Waals surface area contributed by atoms with E-state index in [9.17, 15) is 9.18 Å². The molecule has 2 fully saturated rings. The number of likely N-dealkylation sites (tertiary alicyclic amines) is 1. The number of benzene rings is 1. The predicted octanol–water partition coefficient (Wildman–Crippen LogP) is 1.89. The molecule has 3 heterocycles.